The maximum atomic E-state index is 5.10. The third kappa shape index (κ3) is 3.66. The van der Waals surface area contributed by atoms with Crippen LogP contribution in [0.5, 0.6) is 0 Å². The Morgan fingerprint density at radius 1 is 1.00 bits per heavy atom. The topological polar surface area (TPSA) is 30.9 Å². The maximum Gasteiger partial charge on any atom is 0.128 e. The van der Waals surface area contributed by atoms with E-state index in [1.807, 2.05) is 11.8 Å². The quantitative estimate of drug-likeness (QED) is 0.697. The van der Waals surface area contributed by atoms with Crippen molar-refractivity contribution in [2.24, 2.45) is 4.99 Å². The molecule has 1 saturated carbocycles. The number of nitrogens with one attached hydrogen (secondary N) is 1. The van der Waals surface area contributed by atoms with Crippen molar-refractivity contribution in [3.8, 4) is 0 Å². The third-order valence-electron chi connectivity index (χ3n) is 7.35. The summed E-state index contributed by atoms with van der Waals surface area (Å²) in [5.74, 6) is 1.11. The minimum absolute atomic E-state index is 0.426. The van der Waals surface area contributed by atoms with Gasteiger partial charge in [-0.3, -0.25) is 4.99 Å². The Morgan fingerprint density at radius 2 is 1.81 bits per heavy atom. The van der Waals surface area contributed by atoms with E-state index in [0.29, 0.717) is 18.1 Å². The molecule has 0 spiro atoms. The van der Waals surface area contributed by atoms with Gasteiger partial charge in [0.2, 0.25) is 0 Å². The fourth-order valence-corrected chi connectivity index (χ4v) is 6.85. The molecule has 31 heavy (non-hydrogen) atoms. The first-order chi connectivity index (χ1) is 15.3. The largest absolute Gasteiger partial charge is 0.365 e. The minimum atomic E-state index is 0.426. The summed E-state index contributed by atoms with van der Waals surface area (Å²) < 4.78 is 0. The van der Waals surface area contributed by atoms with Crippen LogP contribution in [0.2, 0.25) is 0 Å². The van der Waals surface area contributed by atoms with E-state index in [1.54, 1.807) is 0 Å². The first-order valence-electron chi connectivity index (χ1n) is 12.0. The van der Waals surface area contributed by atoms with Gasteiger partial charge >= 0.3 is 0 Å². The van der Waals surface area contributed by atoms with Crippen molar-refractivity contribution < 1.29 is 0 Å². The van der Waals surface area contributed by atoms with E-state index in [0.717, 1.165) is 12.4 Å². The van der Waals surface area contributed by atoms with Gasteiger partial charge in [0.05, 0.1) is 17.4 Å². The van der Waals surface area contributed by atoms with Gasteiger partial charge in [0.15, 0.2) is 0 Å². The van der Waals surface area contributed by atoms with Crippen LogP contribution in [-0.2, 0) is 0 Å². The van der Waals surface area contributed by atoms with E-state index in [9.17, 15) is 0 Å². The van der Waals surface area contributed by atoms with E-state index < -0.39 is 0 Å². The summed E-state index contributed by atoms with van der Waals surface area (Å²) in [4.78, 5) is 13.0. The van der Waals surface area contributed by atoms with Gasteiger partial charge in [0.1, 0.15) is 5.84 Å². The van der Waals surface area contributed by atoms with E-state index in [1.165, 1.54) is 78.3 Å². The number of amidine groups is 1. The lowest BCUT2D eigenvalue weighted by Crippen LogP contribution is -2.40. The van der Waals surface area contributed by atoms with E-state index in [-0.39, 0.29) is 0 Å². The average Bonchev–Trinajstić information content (AvgIpc) is 3.46. The summed E-state index contributed by atoms with van der Waals surface area (Å²) >= 11 is 1.90. The van der Waals surface area contributed by atoms with Crippen LogP contribution in [-0.4, -0.2) is 48.5 Å². The molecule has 0 bridgehead atoms. The van der Waals surface area contributed by atoms with Crippen molar-refractivity contribution in [3.05, 3.63) is 48.0 Å². The lowest BCUT2D eigenvalue weighted by Gasteiger charge is -2.39. The van der Waals surface area contributed by atoms with Crippen LogP contribution in [0.3, 0.4) is 0 Å². The molecular formula is C26H32N4S. The first kappa shape index (κ1) is 19.7. The SMILES string of the molecule is C[C@H](CN1CCCC1)N1c2ccccc2Sc2ccc(C3=NC4CCCCC4N3)cc21. The summed E-state index contributed by atoms with van der Waals surface area (Å²) in [6.07, 6.45) is 7.82. The molecule has 2 aromatic carbocycles. The molecule has 2 aromatic rings. The number of para-hydroxylation sites is 1. The number of anilines is 2. The highest BCUT2D eigenvalue weighted by Gasteiger charge is 2.33. The molecule has 5 heteroatoms. The van der Waals surface area contributed by atoms with Gasteiger partial charge in [-0.15, -0.1) is 0 Å². The fourth-order valence-electron chi connectivity index (χ4n) is 5.80. The molecule has 4 nitrogen and oxygen atoms in total. The molecule has 6 rings (SSSR count). The zero-order valence-corrected chi connectivity index (χ0v) is 19.2. The summed E-state index contributed by atoms with van der Waals surface area (Å²) in [6, 6.07) is 17.3. The highest BCUT2D eigenvalue weighted by molar-refractivity contribution is 7.99. The number of nitrogens with zero attached hydrogens (tertiary/aromatic N) is 3. The van der Waals surface area contributed by atoms with Crippen molar-refractivity contribution in [2.45, 2.75) is 73.4 Å². The van der Waals surface area contributed by atoms with E-state index in [2.05, 4.69) is 64.5 Å². The third-order valence-corrected chi connectivity index (χ3v) is 8.48. The number of hydrogen-bond acceptors (Lipinski definition) is 5. The molecule has 162 valence electrons. The van der Waals surface area contributed by atoms with Crippen molar-refractivity contribution in [1.29, 1.82) is 0 Å². The Labute approximate surface area is 190 Å². The van der Waals surface area contributed by atoms with Crippen LogP contribution in [0, 0.1) is 0 Å². The smallest absolute Gasteiger partial charge is 0.128 e. The zero-order chi connectivity index (χ0) is 20.8. The number of benzene rings is 2. The molecule has 2 fully saturated rings. The van der Waals surface area contributed by atoms with Gasteiger partial charge in [-0.1, -0.05) is 42.8 Å². The Morgan fingerprint density at radius 3 is 2.68 bits per heavy atom. The van der Waals surface area contributed by atoms with Crippen LogP contribution in [0.4, 0.5) is 11.4 Å². The van der Waals surface area contributed by atoms with E-state index >= 15 is 0 Å². The maximum absolute atomic E-state index is 5.10. The summed E-state index contributed by atoms with van der Waals surface area (Å²) in [7, 11) is 0. The molecule has 1 N–H and O–H groups in total. The summed E-state index contributed by atoms with van der Waals surface area (Å²) in [5.41, 5.74) is 3.93. The van der Waals surface area contributed by atoms with Crippen LogP contribution < -0.4 is 10.2 Å². The van der Waals surface area contributed by atoms with E-state index in [4.69, 9.17) is 4.99 Å². The second-order valence-corrected chi connectivity index (χ2v) is 10.6. The van der Waals surface area contributed by atoms with Gasteiger partial charge in [-0.25, -0.2) is 0 Å². The lowest BCUT2D eigenvalue weighted by atomic mass is 9.92. The molecule has 3 atom stereocenters. The standard InChI is InChI=1S/C26H32N4S/c1-18(17-29-14-6-7-15-29)30-22-10-4-5-11-24(22)31-25-13-12-19(16-23(25)30)26-27-20-8-2-3-9-21(20)28-26/h4-5,10-13,16,18,20-21H,2-3,6-9,14-15,17H2,1H3,(H,27,28)/t18-,20?,21?/m1/s1. The average molecular weight is 433 g/mol. The Kier molecular flexibility index (Phi) is 5.19. The summed E-state index contributed by atoms with van der Waals surface area (Å²) in [5, 5.41) is 3.75. The van der Waals surface area contributed by atoms with Gasteiger partial charge in [0, 0.05) is 34.0 Å². The van der Waals surface area contributed by atoms with Crippen LogP contribution in [0.25, 0.3) is 0 Å². The fraction of sp³-hybridized carbons (Fsp3) is 0.500. The number of aliphatic imine (C=N–C) groups is 1. The lowest BCUT2D eigenvalue weighted by molar-refractivity contribution is 0.319. The predicted molar refractivity (Wildman–Crippen MR) is 130 cm³/mol. The Bertz CT molecular complexity index is 997. The second-order valence-electron chi connectivity index (χ2n) is 9.56. The van der Waals surface area contributed by atoms with Crippen LogP contribution >= 0.6 is 11.8 Å². The first-order valence-corrected chi connectivity index (χ1v) is 12.9. The predicted octanol–water partition coefficient (Wildman–Crippen LogP) is 5.43. The normalized spacial score (nSPS) is 26.0. The highest BCUT2D eigenvalue weighted by Crippen LogP contribution is 2.49. The molecular weight excluding hydrogens is 400 g/mol. The van der Waals surface area contributed by atoms with Crippen LogP contribution in [0.15, 0.2) is 57.2 Å². The monoisotopic (exact) mass is 432 g/mol. The van der Waals surface area contributed by atoms with Gasteiger partial charge in [-0.05, 0) is 70.0 Å². The minimum Gasteiger partial charge on any atom is -0.365 e. The van der Waals surface area contributed by atoms with Crippen molar-refractivity contribution in [2.75, 3.05) is 24.5 Å². The Hall–Kier alpha value is -1.98. The number of fused-ring (bicyclic) bond motifs is 3. The number of likely N-dealkylation sites (tertiary alicyclic amines) is 1. The Balaban J connectivity index is 1.36. The second kappa shape index (κ2) is 8.18. The molecule has 1 saturated heterocycles. The van der Waals surface area contributed by atoms with Gasteiger partial charge in [0.25, 0.3) is 0 Å². The van der Waals surface area contributed by atoms with Crippen molar-refractivity contribution >= 4 is 29.0 Å². The highest BCUT2D eigenvalue weighted by atomic mass is 32.2. The summed E-state index contributed by atoms with van der Waals surface area (Å²) in [6.45, 7) is 5.99. The molecule has 2 unspecified atom stereocenters. The molecule has 1 aliphatic carbocycles. The zero-order valence-electron chi connectivity index (χ0n) is 18.4. The molecule has 3 aliphatic heterocycles. The van der Waals surface area contributed by atoms with Crippen LogP contribution in [0.1, 0.15) is 51.0 Å². The number of rotatable bonds is 4. The molecule has 4 aliphatic rings. The van der Waals surface area contributed by atoms with Crippen molar-refractivity contribution in [3.63, 3.8) is 0 Å². The molecule has 3 heterocycles. The molecule has 0 aromatic heterocycles. The molecule has 0 amide bonds. The van der Waals surface area contributed by atoms with Gasteiger partial charge < -0.3 is 15.1 Å². The molecule has 0 radical (unpaired) electrons. The van der Waals surface area contributed by atoms with Crippen molar-refractivity contribution in [1.82, 2.24) is 10.2 Å². The number of hydrogen-bond donors (Lipinski definition) is 1. The van der Waals surface area contributed by atoms with Gasteiger partial charge in [-0.2, -0.15) is 0 Å².